The molecule has 1 rings (SSSR count). The van der Waals surface area contributed by atoms with E-state index in [2.05, 4.69) is 10.6 Å². The fourth-order valence-corrected chi connectivity index (χ4v) is 3.49. The Hall–Kier alpha value is -2.12. The highest BCUT2D eigenvalue weighted by atomic mass is 16.2. The van der Waals surface area contributed by atoms with Gasteiger partial charge in [0, 0.05) is 27.1 Å². The zero-order valence-electron chi connectivity index (χ0n) is 19.7. The molecule has 0 aromatic heterocycles. The molecule has 0 aromatic carbocycles. The highest BCUT2D eigenvalue weighted by Gasteiger charge is 2.34. The maximum Gasteiger partial charge on any atom is 0.245 e. The van der Waals surface area contributed by atoms with Gasteiger partial charge in [0.15, 0.2) is 0 Å². The zero-order chi connectivity index (χ0) is 23.0. The van der Waals surface area contributed by atoms with Gasteiger partial charge < -0.3 is 20.4 Å². The second-order valence-electron chi connectivity index (χ2n) is 8.79. The third-order valence-electron chi connectivity index (χ3n) is 6.15. The molecule has 2 N–H and O–H groups in total. The van der Waals surface area contributed by atoms with Gasteiger partial charge in [-0.1, -0.05) is 34.1 Å². The molecule has 172 valence electrons. The van der Waals surface area contributed by atoms with Gasteiger partial charge >= 0.3 is 0 Å². The van der Waals surface area contributed by atoms with Gasteiger partial charge in [0.25, 0.3) is 0 Å². The predicted octanol–water partition coefficient (Wildman–Crippen LogP) is 1.54. The summed E-state index contributed by atoms with van der Waals surface area (Å²) >= 11 is 0. The molecule has 4 amide bonds. The minimum Gasteiger partial charge on any atom is -0.342 e. The molecule has 1 aliphatic rings. The van der Waals surface area contributed by atoms with Crippen molar-refractivity contribution in [2.75, 3.05) is 20.1 Å². The second kappa shape index (κ2) is 11.9. The molecular weight excluding hydrogens is 384 g/mol. The van der Waals surface area contributed by atoms with Crippen LogP contribution in [0.3, 0.4) is 0 Å². The predicted molar refractivity (Wildman–Crippen MR) is 116 cm³/mol. The lowest BCUT2D eigenvalue weighted by Crippen LogP contribution is -2.59. The van der Waals surface area contributed by atoms with Gasteiger partial charge in [0.1, 0.15) is 18.1 Å². The van der Waals surface area contributed by atoms with Crippen LogP contribution in [-0.4, -0.2) is 71.7 Å². The van der Waals surface area contributed by atoms with E-state index in [-0.39, 0.29) is 29.6 Å². The minimum absolute atomic E-state index is 0.0188. The first-order valence-electron chi connectivity index (χ1n) is 11.1. The van der Waals surface area contributed by atoms with Crippen LogP contribution in [0, 0.1) is 11.8 Å². The molecular formula is C22H40N4O4. The van der Waals surface area contributed by atoms with Crippen molar-refractivity contribution in [1.82, 2.24) is 20.4 Å². The number of carbonyl (C=O) groups is 4. The third-order valence-corrected chi connectivity index (χ3v) is 6.15. The van der Waals surface area contributed by atoms with Crippen molar-refractivity contribution >= 4 is 23.6 Å². The molecule has 1 saturated heterocycles. The number of rotatable bonds is 9. The summed E-state index contributed by atoms with van der Waals surface area (Å²) in [6.07, 6.45) is 3.85. The van der Waals surface area contributed by atoms with Gasteiger partial charge in [0.2, 0.25) is 23.6 Å². The minimum atomic E-state index is -0.791. The number of carbonyl (C=O) groups excluding carboxylic acids is 4. The molecule has 8 heteroatoms. The van der Waals surface area contributed by atoms with Crippen molar-refractivity contribution in [3.63, 3.8) is 0 Å². The van der Waals surface area contributed by atoms with E-state index in [1.165, 1.54) is 11.8 Å². The Morgan fingerprint density at radius 1 is 0.900 bits per heavy atom. The quantitative estimate of drug-likeness (QED) is 0.586. The Bertz CT molecular complexity index is 616. The summed E-state index contributed by atoms with van der Waals surface area (Å²) in [4.78, 5) is 53.5. The Morgan fingerprint density at radius 2 is 1.43 bits per heavy atom. The molecule has 0 radical (unpaired) electrons. The average Bonchev–Trinajstić information content (AvgIpc) is 2.73. The number of likely N-dealkylation sites (N-methyl/N-ethyl adjacent to an activating group) is 1. The molecule has 0 spiro atoms. The molecule has 0 aromatic rings. The first-order valence-corrected chi connectivity index (χ1v) is 11.1. The summed E-state index contributed by atoms with van der Waals surface area (Å²) in [5, 5.41) is 5.68. The normalized spacial score (nSPS) is 18.2. The van der Waals surface area contributed by atoms with Crippen LogP contribution >= 0.6 is 0 Å². The van der Waals surface area contributed by atoms with Crippen LogP contribution in [0.1, 0.15) is 67.2 Å². The molecule has 1 heterocycles. The summed E-state index contributed by atoms with van der Waals surface area (Å²) < 4.78 is 0. The topological polar surface area (TPSA) is 98.8 Å². The van der Waals surface area contributed by atoms with Crippen molar-refractivity contribution in [3.05, 3.63) is 0 Å². The van der Waals surface area contributed by atoms with Gasteiger partial charge in [-0.3, -0.25) is 19.2 Å². The van der Waals surface area contributed by atoms with Crippen molar-refractivity contribution in [2.45, 2.75) is 85.4 Å². The zero-order valence-corrected chi connectivity index (χ0v) is 19.7. The van der Waals surface area contributed by atoms with E-state index in [0.717, 1.165) is 38.8 Å². The van der Waals surface area contributed by atoms with Gasteiger partial charge in [-0.2, -0.15) is 0 Å². The summed E-state index contributed by atoms with van der Waals surface area (Å²) in [5.74, 6) is -1.24. The number of nitrogens with one attached hydrogen (secondary N) is 2. The Morgan fingerprint density at radius 3 is 1.90 bits per heavy atom. The van der Waals surface area contributed by atoms with Crippen LogP contribution < -0.4 is 10.6 Å². The molecule has 0 saturated carbocycles. The third kappa shape index (κ3) is 6.99. The fraction of sp³-hybridized carbons (Fsp3) is 0.818. The van der Waals surface area contributed by atoms with Crippen molar-refractivity contribution in [3.8, 4) is 0 Å². The molecule has 30 heavy (non-hydrogen) atoms. The number of piperidine rings is 1. The van der Waals surface area contributed by atoms with Crippen LogP contribution in [0.25, 0.3) is 0 Å². The first-order chi connectivity index (χ1) is 14.0. The second-order valence-corrected chi connectivity index (χ2v) is 8.79. The lowest BCUT2D eigenvalue weighted by Gasteiger charge is -2.34. The van der Waals surface area contributed by atoms with Crippen molar-refractivity contribution in [2.24, 2.45) is 11.8 Å². The SMILES string of the molecule is CC[C@H](C)[C@H](NC(=O)[C@@H](NC(=O)[C@H](C)N(C)C(C)=O)C(C)C)C(=O)N1CCCCC1. The first kappa shape index (κ1) is 25.9. The molecule has 0 unspecified atom stereocenters. The summed E-state index contributed by atoms with van der Waals surface area (Å²) in [5.41, 5.74) is 0. The van der Waals surface area contributed by atoms with E-state index in [4.69, 9.17) is 0 Å². The maximum atomic E-state index is 13.1. The van der Waals surface area contributed by atoms with E-state index >= 15 is 0 Å². The largest absolute Gasteiger partial charge is 0.342 e. The number of likely N-dealkylation sites (tertiary alicyclic amines) is 1. The van der Waals surface area contributed by atoms with Crippen LogP contribution in [-0.2, 0) is 19.2 Å². The van der Waals surface area contributed by atoms with Gasteiger partial charge in [-0.05, 0) is 38.0 Å². The Balaban J connectivity index is 2.92. The number of amides is 4. The molecule has 1 aliphatic heterocycles. The highest BCUT2D eigenvalue weighted by molar-refractivity contribution is 5.94. The van der Waals surface area contributed by atoms with Crippen molar-refractivity contribution < 1.29 is 19.2 Å². The molecule has 0 aliphatic carbocycles. The molecule has 0 bridgehead atoms. The van der Waals surface area contributed by atoms with E-state index < -0.39 is 24.0 Å². The highest BCUT2D eigenvalue weighted by Crippen LogP contribution is 2.16. The molecule has 8 nitrogen and oxygen atoms in total. The van der Waals surface area contributed by atoms with Gasteiger partial charge in [0.05, 0.1) is 0 Å². The van der Waals surface area contributed by atoms with Crippen LogP contribution in [0.15, 0.2) is 0 Å². The Labute approximate surface area is 181 Å². The average molecular weight is 425 g/mol. The number of nitrogens with zero attached hydrogens (tertiary/aromatic N) is 2. The smallest absolute Gasteiger partial charge is 0.245 e. The summed E-state index contributed by atoms with van der Waals surface area (Å²) in [6, 6.07) is -2.10. The van der Waals surface area contributed by atoms with E-state index in [9.17, 15) is 19.2 Å². The Kier molecular flexibility index (Phi) is 10.3. The lowest BCUT2D eigenvalue weighted by molar-refractivity contribution is -0.141. The van der Waals surface area contributed by atoms with E-state index in [0.29, 0.717) is 0 Å². The van der Waals surface area contributed by atoms with Crippen LogP contribution in [0.5, 0.6) is 0 Å². The van der Waals surface area contributed by atoms with E-state index in [1.54, 1.807) is 14.0 Å². The van der Waals surface area contributed by atoms with Gasteiger partial charge in [-0.25, -0.2) is 0 Å². The number of hydrogen-bond acceptors (Lipinski definition) is 4. The fourth-order valence-electron chi connectivity index (χ4n) is 3.49. The lowest BCUT2D eigenvalue weighted by atomic mass is 9.95. The van der Waals surface area contributed by atoms with Crippen molar-refractivity contribution in [1.29, 1.82) is 0 Å². The number of hydrogen-bond donors (Lipinski definition) is 2. The van der Waals surface area contributed by atoms with Gasteiger partial charge in [-0.15, -0.1) is 0 Å². The standard InChI is InChI=1S/C22H40N4O4/c1-8-15(4)19(22(30)26-12-10-9-11-13-26)24-21(29)18(14(2)3)23-20(28)16(5)25(7)17(6)27/h14-16,18-19H,8-13H2,1-7H3,(H,23,28)(H,24,29)/t15-,16-,18-,19-/m0/s1. The van der Waals surface area contributed by atoms with E-state index in [1.807, 2.05) is 32.6 Å². The molecule has 4 atom stereocenters. The summed E-state index contributed by atoms with van der Waals surface area (Å²) in [6.45, 7) is 12.1. The van der Waals surface area contributed by atoms with Crippen LogP contribution in [0.4, 0.5) is 0 Å². The summed E-state index contributed by atoms with van der Waals surface area (Å²) in [7, 11) is 1.55. The van der Waals surface area contributed by atoms with Crippen LogP contribution in [0.2, 0.25) is 0 Å². The molecule has 1 fully saturated rings. The maximum absolute atomic E-state index is 13.1. The monoisotopic (exact) mass is 424 g/mol.